The number of ether oxygens (including phenoxy) is 5. The van der Waals surface area contributed by atoms with Crippen LogP contribution < -0.4 is 0 Å². The van der Waals surface area contributed by atoms with Gasteiger partial charge in [-0.2, -0.15) is 0 Å². The minimum Gasteiger partial charge on any atom is -0.479 e. The summed E-state index contributed by atoms with van der Waals surface area (Å²) in [5, 5.41) is 31.5. The quantitative estimate of drug-likeness (QED) is 0.0228. The van der Waals surface area contributed by atoms with E-state index in [0.29, 0.717) is 19.3 Å². The number of allylic oxidation sites excluding steroid dienone is 14. The van der Waals surface area contributed by atoms with E-state index >= 15 is 0 Å². The number of hydrogen-bond donors (Lipinski definition) is 3. The average Bonchev–Trinajstić information content (AvgIpc) is 3.39. The number of carboxylic acid groups (broad SMARTS) is 1. The van der Waals surface area contributed by atoms with Gasteiger partial charge in [0.2, 0.25) is 0 Å². The van der Waals surface area contributed by atoms with E-state index < -0.39 is 67.3 Å². The van der Waals surface area contributed by atoms with Crippen molar-refractivity contribution in [3.05, 3.63) is 85.1 Å². The molecule has 75 heavy (non-hydrogen) atoms. The van der Waals surface area contributed by atoms with E-state index in [0.717, 1.165) is 148 Å². The van der Waals surface area contributed by atoms with Crippen LogP contribution in [0.1, 0.15) is 239 Å². The third-order valence-electron chi connectivity index (χ3n) is 12.9. The fourth-order valence-electron chi connectivity index (χ4n) is 8.37. The molecule has 6 atom stereocenters. The first-order valence-corrected chi connectivity index (χ1v) is 29.6. The normalized spacial score (nSPS) is 18.8. The summed E-state index contributed by atoms with van der Waals surface area (Å²) in [6.45, 7) is 5.78. The maximum atomic E-state index is 13.1. The minimum absolute atomic E-state index is 0.0390. The molecule has 0 spiro atoms. The van der Waals surface area contributed by atoms with Crippen LogP contribution in [0.3, 0.4) is 0 Å². The second kappa shape index (κ2) is 50.7. The predicted octanol–water partition coefficient (Wildman–Crippen LogP) is 15.1. The Kier molecular flexibility index (Phi) is 46.6. The largest absolute Gasteiger partial charge is 0.479 e. The summed E-state index contributed by atoms with van der Waals surface area (Å²) in [4.78, 5) is 51.1. The molecule has 0 saturated carbocycles. The lowest BCUT2D eigenvalue weighted by Gasteiger charge is -2.40. The van der Waals surface area contributed by atoms with Crippen LogP contribution in [0.5, 0.6) is 0 Å². The zero-order chi connectivity index (χ0) is 54.7. The molecule has 12 heteroatoms. The highest BCUT2D eigenvalue weighted by atomic mass is 16.7. The number of aliphatic hydroxyl groups is 2. The third-order valence-corrected chi connectivity index (χ3v) is 12.9. The van der Waals surface area contributed by atoms with Crippen LogP contribution in [0.15, 0.2) is 85.1 Å². The summed E-state index contributed by atoms with van der Waals surface area (Å²) >= 11 is 0. The van der Waals surface area contributed by atoms with Crippen molar-refractivity contribution in [2.45, 2.75) is 276 Å². The van der Waals surface area contributed by atoms with E-state index in [1.807, 2.05) is 0 Å². The molecule has 0 radical (unpaired) electrons. The first kappa shape index (κ1) is 68.9. The Morgan fingerprint density at radius 2 is 0.853 bits per heavy atom. The Labute approximate surface area is 454 Å². The minimum atomic E-state index is -1.91. The Hall–Kier alpha value is -4.10. The monoisotopic (exact) mass is 1050 g/mol. The van der Waals surface area contributed by atoms with E-state index in [1.54, 1.807) is 0 Å². The zero-order valence-electron chi connectivity index (χ0n) is 47.0. The highest BCUT2D eigenvalue weighted by Crippen LogP contribution is 2.26. The number of carboxylic acids is 1. The Bertz CT molecular complexity index is 1630. The standard InChI is InChI=1S/C63H104O12/c1-4-7-10-13-16-19-22-24-26-27-28-29-31-33-36-39-42-45-48-51-57(66)74-61-59(68)58(67)60(62(69)70)75-63(61)72-53-54(73-56(65)50-47-44-41-38-34-21-18-15-12-9-6-3)52-71-55(64)49-46-43-40-37-35-32-30-25-23-20-17-14-11-8-5-2/h7,10,15-20,24-26,28-30,54,58-61,63,67-68H,4-6,8-9,11-14,21-23,27,31-53H2,1-3H3,(H,69,70)/b10-7-,18-15-,19-16-,20-17-,26-24-,29-28-,30-25-. The lowest BCUT2D eigenvalue weighted by atomic mass is 9.98. The van der Waals surface area contributed by atoms with Gasteiger partial charge in [0.05, 0.1) is 6.61 Å². The lowest BCUT2D eigenvalue weighted by molar-refractivity contribution is -0.301. The van der Waals surface area contributed by atoms with Gasteiger partial charge < -0.3 is 39.0 Å². The molecule has 1 heterocycles. The Morgan fingerprint density at radius 3 is 1.33 bits per heavy atom. The van der Waals surface area contributed by atoms with Crippen molar-refractivity contribution in [2.75, 3.05) is 13.2 Å². The fraction of sp³-hybridized carbons (Fsp3) is 0.714. The summed E-state index contributed by atoms with van der Waals surface area (Å²) in [7, 11) is 0. The van der Waals surface area contributed by atoms with E-state index in [1.165, 1.54) is 32.1 Å². The van der Waals surface area contributed by atoms with Crippen molar-refractivity contribution in [1.29, 1.82) is 0 Å². The van der Waals surface area contributed by atoms with Gasteiger partial charge in [0, 0.05) is 19.3 Å². The number of carbonyl (C=O) groups is 4. The smallest absolute Gasteiger partial charge is 0.335 e. The van der Waals surface area contributed by atoms with Gasteiger partial charge in [-0.15, -0.1) is 0 Å². The predicted molar refractivity (Wildman–Crippen MR) is 303 cm³/mol. The molecule has 0 aromatic carbocycles. The number of aliphatic carboxylic acids is 1. The SMILES string of the molecule is CC/C=C\C/C=C\C/C=C\C/C=C\CCCCCCCCC(=O)OC1C(OCC(COC(=O)CCCCCCC/C=C\C/C=C\CCCCC)OC(=O)CCCCCCC/C=C\CCCC)OC(C(=O)O)C(O)C1O. The maximum absolute atomic E-state index is 13.1. The first-order chi connectivity index (χ1) is 36.6. The highest BCUT2D eigenvalue weighted by Gasteiger charge is 2.50. The molecule has 0 aromatic heterocycles. The zero-order valence-corrected chi connectivity index (χ0v) is 47.0. The molecule has 0 aromatic rings. The molecule has 1 saturated heterocycles. The molecule has 6 unspecified atom stereocenters. The molecule has 0 amide bonds. The average molecular weight is 1050 g/mol. The van der Waals surface area contributed by atoms with Crippen molar-refractivity contribution < 1.29 is 58.2 Å². The summed E-state index contributed by atoms with van der Waals surface area (Å²) in [6.07, 6.45) is 52.6. The second-order valence-corrected chi connectivity index (χ2v) is 19.9. The number of aliphatic hydroxyl groups excluding tert-OH is 2. The van der Waals surface area contributed by atoms with Gasteiger partial charge in [0.25, 0.3) is 0 Å². The van der Waals surface area contributed by atoms with Crippen LogP contribution in [0, 0.1) is 0 Å². The van der Waals surface area contributed by atoms with Gasteiger partial charge in [0.15, 0.2) is 24.6 Å². The molecule has 1 aliphatic heterocycles. The van der Waals surface area contributed by atoms with Gasteiger partial charge in [0.1, 0.15) is 18.8 Å². The number of esters is 3. The van der Waals surface area contributed by atoms with Crippen LogP contribution in [0.4, 0.5) is 0 Å². The fourth-order valence-corrected chi connectivity index (χ4v) is 8.37. The molecule has 12 nitrogen and oxygen atoms in total. The summed E-state index contributed by atoms with van der Waals surface area (Å²) in [6, 6.07) is 0. The molecule has 3 N–H and O–H groups in total. The van der Waals surface area contributed by atoms with Crippen LogP contribution in [0.2, 0.25) is 0 Å². The third kappa shape index (κ3) is 40.8. The summed E-state index contributed by atoms with van der Waals surface area (Å²) in [5.41, 5.74) is 0. The van der Waals surface area contributed by atoms with E-state index in [4.69, 9.17) is 23.7 Å². The molecule has 1 fully saturated rings. The number of carbonyl (C=O) groups excluding carboxylic acids is 3. The van der Waals surface area contributed by atoms with E-state index in [2.05, 4.69) is 106 Å². The number of rotatable bonds is 49. The van der Waals surface area contributed by atoms with Crippen molar-refractivity contribution >= 4 is 23.9 Å². The van der Waals surface area contributed by atoms with Crippen LogP contribution >= 0.6 is 0 Å². The summed E-state index contributed by atoms with van der Waals surface area (Å²) < 4.78 is 28.4. The topological polar surface area (TPSA) is 175 Å². The summed E-state index contributed by atoms with van der Waals surface area (Å²) in [5.74, 6) is -3.17. The highest BCUT2D eigenvalue weighted by molar-refractivity contribution is 5.74. The second-order valence-electron chi connectivity index (χ2n) is 19.9. The molecule has 0 bridgehead atoms. The van der Waals surface area contributed by atoms with Crippen LogP contribution in [-0.2, 0) is 42.9 Å². The lowest BCUT2D eigenvalue weighted by Crippen LogP contribution is -2.61. The van der Waals surface area contributed by atoms with Crippen molar-refractivity contribution in [3.63, 3.8) is 0 Å². The first-order valence-electron chi connectivity index (χ1n) is 29.6. The molecule has 1 aliphatic rings. The number of unbranched alkanes of at least 4 members (excludes halogenated alkanes) is 21. The maximum Gasteiger partial charge on any atom is 0.335 e. The molecular formula is C63H104O12. The molecule has 1 rings (SSSR count). The van der Waals surface area contributed by atoms with Crippen LogP contribution in [0.25, 0.3) is 0 Å². The van der Waals surface area contributed by atoms with Crippen LogP contribution in [-0.4, -0.2) is 89.2 Å². The van der Waals surface area contributed by atoms with E-state index in [9.17, 15) is 34.5 Å². The Morgan fingerprint density at radius 1 is 0.453 bits per heavy atom. The van der Waals surface area contributed by atoms with E-state index in [-0.39, 0.29) is 25.9 Å². The van der Waals surface area contributed by atoms with Gasteiger partial charge in [-0.25, -0.2) is 4.79 Å². The number of hydrogen-bond acceptors (Lipinski definition) is 11. The van der Waals surface area contributed by atoms with Gasteiger partial charge in [-0.3, -0.25) is 14.4 Å². The molecule has 0 aliphatic carbocycles. The van der Waals surface area contributed by atoms with Gasteiger partial charge in [-0.05, 0) is 109 Å². The van der Waals surface area contributed by atoms with Gasteiger partial charge >= 0.3 is 23.9 Å². The Balaban J connectivity index is 2.68. The molecule has 428 valence electrons. The van der Waals surface area contributed by atoms with Crippen molar-refractivity contribution in [1.82, 2.24) is 0 Å². The van der Waals surface area contributed by atoms with Gasteiger partial charge in [-0.1, -0.05) is 196 Å². The van der Waals surface area contributed by atoms with Crippen molar-refractivity contribution in [3.8, 4) is 0 Å². The van der Waals surface area contributed by atoms with Crippen molar-refractivity contribution in [2.24, 2.45) is 0 Å². The molecular weight excluding hydrogens is 949 g/mol.